The van der Waals surface area contributed by atoms with Gasteiger partial charge in [0, 0.05) is 25.1 Å². The highest BCUT2D eigenvalue weighted by molar-refractivity contribution is 5.85. The van der Waals surface area contributed by atoms with E-state index in [2.05, 4.69) is 6.92 Å². The van der Waals surface area contributed by atoms with Gasteiger partial charge in [-0.15, -0.1) is 0 Å². The van der Waals surface area contributed by atoms with E-state index in [1.807, 2.05) is 32.9 Å². The number of hydrogen-bond donors (Lipinski definition) is 0. The quantitative estimate of drug-likeness (QED) is 0.565. The summed E-state index contributed by atoms with van der Waals surface area (Å²) in [4.78, 5) is 29.5. The van der Waals surface area contributed by atoms with Crippen molar-refractivity contribution in [2.24, 2.45) is 0 Å². The lowest BCUT2D eigenvalue weighted by Gasteiger charge is -2.37. The molecule has 1 aliphatic rings. The average Bonchev–Trinajstić information content (AvgIpc) is 3.32. The van der Waals surface area contributed by atoms with Crippen LogP contribution in [-0.4, -0.2) is 53.0 Å². The van der Waals surface area contributed by atoms with E-state index in [9.17, 15) is 9.59 Å². The zero-order valence-corrected chi connectivity index (χ0v) is 17.9. The van der Waals surface area contributed by atoms with Crippen LogP contribution in [0.2, 0.25) is 0 Å². The normalized spacial score (nSPS) is 16.9. The van der Waals surface area contributed by atoms with Crippen molar-refractivity contribution in [3.63, 3.8) is 0 Å². The number of carbonyl (C=O) groups excluding carboxylic acids is 2. The summed E-state index contributed by atoms with van der Waals surface area (Å²) in [6.45, 7) is 9.82. The van der Waals surface area contributed by atoms with Crippen LogP contribution in [-0.2, 0) is 20.9 Å². The van der Waals surface area contributed by atoms with Gasteiger partial charge in [0.05, 0.1) is 18.9 Å². The molecular weight excluding hydrogens is 356 g/mol. The van der Waals surface area contributed by atoms with Gasteiger partial charge in [-0.1, -0.05) is 19.8 Å². The maximum atomic E-state index is 13.2. The molecule has 0 radical (unpaired) electrons. The van der Waals surface area contributed by atoms with E-state index < -0.39 is 5.54 Å². The minimum Gasteiger partial charge on any atom is -0.467 e. The van der Waals surface area contributed by atoms with Gasteiger partial charge in [0.15, 0.2) is 0 Å². The first-order valence-corrected chi connectivity index (χ1v) is 10.5. The van der Waals surface area contributed by atoms with Crippen molar-refractivity contribution < 1.29 is 18.7 Å². The van der Waals surface area contributed by atoms with E-state index in [1.165, 1.54) is 0 Å². The monoisotopic (exact) mass is 392 g/mol. The van der Waals surface area contributed by atoms with Gasteiger partial charge < -0.3 is 19.0 Å². The molecule has 1 atom stereocenters. The fourth-order valence-electron chi connectivity index (χ4n) is 3.48. The molecule has 2 rings (SSSR count). The second kappa shape index (κ2) is 10.6. The molecule has 158 valence electrons. The number of amides is 2. The van der Waals surface area contributed by atoms with Crippen LogP contribution in [0, 0.1) is 0 Å². The largest absolute Gasteiger partial charge is 0.467 e. The van der Waals surface area contributed by atoms with Gasteiger partial charge in [-0.2, -0.15) is 0 Å². The summed E-state index contributed by atoms with van der Waals surface area (Å²) in [5, 5.41) is 0. The van der Waals surface area contributed by atoms with Crippen molar-refractivity contribution in [3.8, 4) is 0 Å². The molecule has 0 N–H and O–H groups in total. The van der Waals surface area contributed by atoms with Crippen LogP contribution < -0.4 is 0 Å². The Labute approximate surface area is 169 Å². The summed E-state index contributed by atoms with van der Waals surface area (Å²) in [5.74, 6) is 0.720. The molecule has 6 nitrogen and oxygen atoms in total. The fraction of sp³-hybridized carbons (Fsp3) is 0.727. The zero-order valence-electron chi connectivity index (χ0n) is 17.9. The molecule has 2 amide bonds. The van der Waals surface area contributed by atoms with E-state index in [0.29, 0.717) is 19.5 Å². The lowest BCUT2D eigenvalue weighted by molar-refractivity contribution is -0.146. The third-order valence-corrected chi connectivity index (χ3v) is 5.13. The smallest absolute Gasteiger partial charge is 0.242 e. The van der Waals surface area contributed by atoms with Gasteiger partial charge in [0.1, 0.15) is 12.3 Å². The highest BCUT2D eigenvalue weighted by atomic mass is 16.5. The summed E-state index contributed by atoms with van der Waals surface area (Å²) in [6, 6.07) is 3.69. The molecule has 1 saturated heterocycles. The van der Waals surface area contributed by atoms with Crippen molar-refractivity contribution in [2.45, 2.75) is 84.4 Å². The van der Waals surface area contributed by atoms with Crippen molar-refractivity contribution in [3.05, 3.63) is 24.2 Å². The predicted molar refractivity (Wildman–Crippen MR) is 109 cm³/mol. The molecule has 1 aromatic heterocycles. The van der Waals surface area contributed by atoms with Crippen LogP contribution in [0.25, 0.3) is 0 Å². The van der Waals surface area contributed by atoms with Crippen LogP contribution in [0.3, 0.4) is 0 Å². The summed E-state index contributed by atoms with van der Waals surface area (Å²) < 4.78 is 11.2. The molecular formula is C22H36N2O4. The molecule has 1 aliphatic heterocycles. The molecule has 28 heavy (non-hydrogen) atoms. The second-order valence-electron chi connectivity index (χ2n) is 8.60. The number of rotatable bonds is 10. The molecule has 1 unspecified atom stereocenters. The van der Waals surface area contributed by atoms with E-state index in [-0.39, 0.29) is 24.5 Å². The lowest BCUT2D eigenvalue weighted by Crippen LogP contribution is -2.51. The average molecular weight is 393 g/mol. The van der Waals surface area contributed by atoms with Gasteiger partial charge >= 0.3 is 0 Å². The van der Waals surface area contributed by atoms with Crippen molar-refractivity contribution in [1.82, 2.24) is 9.80 Å². The van der Waals surface area contributed by atoms with Crippen molar-refractivity contribution in [1.29, 1.82) is 0 Å². The van der Waals surface area contributed by atoms with E-state index in [4.69, 9.17) is 9.15 Å². The topological polar surface area (TPSA) is 63.0 Å². The zero-order chi connectivity index (χ0) is 20.6. The van der Waals surface area contributed by atoms with E-state index >= 15 is 0 Å². The number of nitrogens with zero attached hydrogens (tertiary/aromatic N) is 2. The molecule has 1 fully saturated rings. The number of ether oxygens (including phenoxy) is 1. The van der Waals surface area contributed by atoms with E-state index in [0.717, 1.165) is 44.5 Å². The van der Waals surface area contributed by atoms with Gasteiger partial charge in [-0.25, -0.2) is 0 Å². The van der Waals surface area contributed by atoms with Crippen LogP contribution in [0.4, 0.5) is 0 Å². The van der Waals surface area contributed by atoms with Crippen LogP contribution in [0.15, 0.2) is 22.8 Å². The predicted octanol–water partition coefficient (Wildman–Crippen LogP) is 3.99. The molecule has 0 aromatic carbocycles. The standard InChI is InChI=1S/C22H36N2O4/c1-5-6-7-12-20(25)24(22(2,3)4)17-21(26)23(15-18-10-8-13-27-18)16-19-11-9-14-28-19/h8,10,13,19H,5-7,9,11-12,14-17H2,1-4H3. The van der Waals surface area contributed by atoms with Crippen molar-refractivity contribution >= 4 is 11.8 Å². The van der Waals surface area contributed by atoms with Gasteiger partial charge in [-0.05, 0) is 52.2 Å². The highest BCUT2D eigenvalue weighted by Gasteiger charge is 2.31. The SMILES string of the molecule is CCCCCC(=O)N(CC(=O)N(Cc1ccco1)CC1CCCO1)C(C)(C)C. The van der Waals surface area contributed by atoms with E-state index in [1.54, 1.807) is 16.1 Å². The second-order valence-corrected chi connectivity index (χ2v) is 8.60. The Morgan fingerprint density at radius 2 is 2.00 bits per heavy atom. The van der Waals surface area contributed by atoms with Gasteiger partial charge in [0.2, 0.25) is 11.8 Å². The van der Waals surface area contributed by atoms with Gasteiger partial charge in [0.25, 0.3) is 0 Å². The third-order valence-electron chi connectivity index (χ3n) is 5.13. The Kier molecular flexibility index (Phi) is 8.55. The lowest BCUT2D eigenvalue weighted by atomic mass is 10.0. The number of furan rings is 1. The number of carbonyl (C=O) groups is 2. The van der Waals surface area contributed by atoms with Crippen LogP contribution >= 0.6 is 0 Å². The Balaban J connectivity index is 2.07. The Morgan fingerprint density at radius 3 is 2.57 bits per heavy atom. The first kappa shape index (κ1) is 22.5. The number of hydrogen-bond acceptors (Lipinski definition) is 4. The van der Waals surface area contributed by atoms with Crippen LogP contribution in [0.1, 0.15) is 72.0 Å². The minimum absolute atomic E-state index is 0.0457. The molecule has 0 saturated carbocycles. The summed E-state index contributed by atoms with van der Waals surface area (Å²) in [7, 11) is 0. The summed E-state index contributed by atoms with van der Waals surface area (Å²) >= 11 is 0. The Bertz CT molecular complexity index is 601. The van der Waals surface area contributed by atoms with Gasteiger partial charge in [-0.3, -0.25) is 9.59 Å². The molecule has 1 aromatic rings. The fourth-order valence-corrected chi connectivity index (χ4v) is 3.48. The molecule has 6 heteroatoms. The molecule has 0 spiro atoms. The maximum absolute atomic E-state index is 13.2. The summed E-state index contributed by atoms with van der Waals surface area (Å²) in [6.07, 6.45) is 7.11. The molecule has 0 bridgehead atoms. The third kappa shape index (κ3) is 6.97. The first-order valence-electron chi connectivity index (χ1n) is 10.5. The molecule has 0 aliphatic carbocycles. The molecule has 2 heterocycles. The van der Waals surface area contributed by atoms with Crippen molar-refractivity contribution in [2.75, 3.05) is 19.7 Å². The first-order chi connectivity index (χ1) is 13.3. The maximum Gasteiger partial charge on any atom is 0.242 e. The minimum atomic E-state index is -0.404. The number of unbranched alkanes of at least 4 members (excludes halogenated alkanes) is 2. The Morgan fingerprint density at radius 1 is 1.21 bits per heavy atom. The van der Waals surface area contributed by atoms with Crippen LogP contribution in [0.5, 0.6) is 0 Å². The Hall–Kier alpha value is -1.82. The highest BCUT2D eigenvalue weighted by Crippen LogP contribution is 2.19. The summed E-state index contributed by atoms with van der Waals surface area (Å²) in [5.41, 5.74) is -0.404.